The molecule has 1 aliphatic heterocycles. The van der Waals surface area contributed by atoms with Crippen LogP contribution in [-0.4, -0.2) is 10.7 Å². The van der Waals surface area contributed by atoms with Gasteiger partial charge in [0.05, 0.1) is 22.5 Å². The van der Waals surface area contributed by atoms with Crippen LogP contribution in [0.5, 0.6) is 0 Å². The number of aryl methyl sites for hydroxylation is 1. The summed E-state index contributed by atoms with van der Waals surface area (Å²) in [5, 5.41) is 22.9. The van der Waals surface area contributed by atoms with Gasteiger partial charge in [0, 0.05) is 40.4 Å². The van der Waals surface area contributed by atoms with E-state index in [1.54, 1.807) is 17.0 Å². The van der Waals surface area contributed by atoms with Gasteiger partial charge in [-0.3, -0.25) is 19.8 Å². The number of allylic oxidation sites excluding steroid dienone is 3. The molecule has 1 atom stereocenters. The maximum atomic E-state index is 13.0. The molecule has 7 nitrogen and oxygen atoms in total. The molecule has 4 rings (SSSR count). The van der Waals surface area contributed by atoms with Gasteiger partial charge in [0.15, 0.2) is 5.78 Å². The van der Waals surface area contributed by atoms with E-state index in [9.17, 15) is 20.2 Å². The number of ketones is 1. The van der Waals surface area contributed by atoms with E-state index < -0.39 is 10.8 Å². The number of nitro groups is 1. The summed E-state index contributed by atoms with van der Waals surface area (Å²) in [6, 6.07) is 10.2. The number of hydrogen-bond donors (Lipinski definition) is 1. The highest BCUT2D eigenvalue weighted by atomic mass is 32.1. The first kappa shape index (κ1) is 18.9. The van der Waals surface area contributed by atoms with Crippen molar-refractivity contribution in [3.63, 3.8) is 0 Å². The van der Waals surface area contributed by atoms with Crippen molar-refractivity contribution in [2.45, 2.75) is 32.1 Å². The zero-order valence-electron chi connectivity index (χ0n) is 15.7. The minimum Gasteiger partial charge on any atom is -0.384 e. The standard InChI is InChI=1S/C21H18N4O3S/c1-12-9-10-29-20(12)18-15(11-22)21(23)24(16-3-2-4-17(26)19(16)18)13-5-7-14(8-6-13)25(27)28/h5-10,18H,2-4,23H2,1H3. The number of nitrogens with zero attached hydrogens (tertiary/aromatic N) is 3. The summed E-state index contributed by atoms with van der Waals surface area (Å²) in [6.45, 7) is 1.97. The quantitative estimate of drug-likeness (QED) is 0.601. The van der Waals surface area contributed by atoms with Crippen molar-refractivity contribution in [1.29, 1.82) is 5.26 Å². The summed E-state index contributed by atoms with van der Waals surface area (Å²) >= 11 is 1.52. The van der Waals surface area contributed by atoms with E-state index in [0.29, 0.717) is 36.1 Å². The van der Waals surface area contributed by atoms with Crippen molar-refractivity contribution in [3.05, 3.63) is 78.9 Å². The topological polar surface area (TPSA) is 113 Å². The van der Waals surface area contributed by atoms with Crippen LogP contribution in [0.1, 0.15) is 35.6 Å². The van der Waals surface area contributed by atoms with E-state index in [-0.39, 0.29) is 17.3 Å². The van der Waals surface area contributed by atoms with Crippen molar-refractivity contribution >= 4 is 28.5 Å². The Hall–Kier alpha value is -3.44. The van der Waals surface area contributed by atoms with Crippen LogP contribution in [0.2, 0.25) is 0 Å². The lowest BCUT2D eigenvalue weighted by molar-refractivity contribution is -0.384. The normalized spacial score (nSPS) is 19.2. The molecule has 146 valence electrons. The minimum absolute atomic E-state index is 0.0243. The van der Waals surface area contributed by atoms with Crippen LogP contribution in [0.3, 0.4) is 0 Å². The van der Waals surface area contributed by atoms with Gasteiger partial charge in [0.1, 0.15) is 5.82 Å². The highest BCUT2D eigenvalue weighted by molar-refractivity contribution is 7.10. The fourth-order valence-electron chi connectivity index (χ4n) is 4.05. The van der Waals surface area contributed by atoms with Crippen LogP contribution < -0.4 is 10.6 Å². The summed E-state index contributed by atoms with van der Waals surface area (Å²) in [7, 11) is 0. The lowest BCUT2D eigenvalue weighted by atomic mass is 9.77. The van der Waals surface area contributed by atoms with E-state index in [4.69, 9.17) is 5.73 Å². The smallest absolute Gasteiger partial charge is 0.269 e. The average molecular weight is 406 g/mol. The zero-order chi connectivity index (χ0) is 20.7. The molecule has 29 heavy (non-hydrogen) atoms. The lowest BCUT2D eigenvalue weighted by Crippen LogP contribution is -2.38. The minimum atomic E-state index is -0.468. The summed E-state index contributed by atoms with van der Waals surface area (Å²) in [5.41, 5.74) is 9.80. The maximum absolute atomic E-state index is 13.0. The molecule has 0 amide bonds. The molecular formula is C21H18N4O3S. The molecule has 0 bridgehead atoms. The summed E-state index contributed by atoms with van der Waals surface area (Å²) in [4.78, 5) is 26.2. The van der Waals surface area contributed by atoms with E-state index in [1.807, 2.05) is 18.4 Å². The maximum Gasteiger partial charge on any atom is 0.269 e. The number of nitriles is 1. The number of anilines is 1. The number of rotatable bonds is 3. The number of benzene rings is 1. The van der Waals surface area contributed by atoms with Crippen LogP contribution in [0.15, 0.2) is 58.4 Å². The molecule has 1 aromatic heterocycles. The van der Waals surface area contributed by atoms with Gasteiger partial charge in [-0.25, -0.2) is 0 Å². The molecule has 0 saturated carbocycles. The van der Waals surface area contributed by atoms with Crippen LogP contribution >= 0.6 is 11.3 Å². The van der Waals surface area contributed by atoms with Crippen molar-refractivity contribution < 1.29 is 9.72 Å². The zero-order valence-corrected chi connectivity index (χ0v) is 16.5. The van der Waals surface area contributed by atoms with Crippen molar-refractivity contribution in [2.75, 3.05) is 4.90 Å². The van der Waals surface area contributed by atoms with E-state index in [2.05, 4.69) is 6.07 Å². The molecular weight excluding hydrogens is 388 g/mol. The number of nitrogens with two attached hydrogens (primary N) is 1. The molecule has 2 N–H and O–H groups in total. The third-order valence-corrected chi connectivity index (χ3v) is 6.48. The molecule has 2 heterocycles. The number of nitro benzene ring substituents is 1. The second-order valence-corrected chi connectivity index (χ2v) is 8.01. The predicted molar refractivity (Wildman–Crippen MR) is 110 cm³/mol. The van der Waals surface area contributed by atoms with Gasteiger partial charge in [-0.2, -0.15) is 5.26 Å². The van der Waals surface area contributed by atoms with Gasteiger partial charge in [-0.05, 0) is 48.9 Å². The first-order chi connectivity index (χ1) is 13.9. The van der Waals surface area contributed by atoms with E-state index in [0.717, 1.165) is 16.1 Å². The van der Waals surface area contributed by atoms with Crippen LogP contribution in [0.25, 0.3) is 0 Å². The molecule has 0 fully saturated rings. The SMILES string of the molecule is Cc1ccsc1C1C(C#N)=C(N)N(c2ccc([N+](=O)[O-])cc2)C2=C1C(=O)CCC2. The van der Waals surface area contributed by atoms with Crippen molar-refractivity contribution in [2.24, 2.45) is 5.73 Å². The Balaban J connectivity index is 1.93. The summed E-state index contributed by atoms with van der Waals surface area (Å²) in [5.74, 6) is -0.166. The summed E-state index contributed by atoms with van der Waals surface area (Å²) in [6.07, 6.45) is 1.79. The first-order valence-electron chi connectivity index (χ1n) is 9.18. The number of carbonyl (C=O) groups excluding carboxylic acids is 1. The third-order valence-electron chi connectivity index (χ3n) is 5.40. The molecule has 0 spiro atoms. The fourth-order valence-corrected chi connectivity index (χ4v) is 5.09. The molecule has 0 radical (unpaired) electrons. The highest BCUT2D eigenvalue weighted by Crippen LogP contribution is 2.48. The van der Waals surface area contributed by atoms with Gasteiger partial charge in [-0.15, -0.1) is 11.3 Å². The highest BCUT2D eigenvalue weighted by Gasteiger charge is 2.41. The monoisotopic (exact) mass is 406 g/mol. The van der Waals surface area contributed by atoms with Crippen molar-refractivity contribution in [3.8, 4) is 6.07 Å². The number of Topliss-reactive ketones (excluding diaryl/α,β-unsaturated/α-hetero) is 1. The molecule has 2 aromatic rings. The Morgan fingerprint density at radius 2 is 2.00 bits per heavy atom. The first-order valence-corrected chi connectivity index (χ1v) is 10.1. The number of thiophene rings is 1. The second kappa shape index (κ2) is 7.18. The van der Waals surface area contributed by atoms with Gasteiger partial charge in [-0.1, -0.05) is 0 Å². The van der Waals surface area contributed by atoms with Gasteiger partial charge in [0.25, 0.3) is 5.69 Å². The Morgan fingerprint density at radius 3 is 2.59 bits per heavy atom. The van der Waals surface area contributed by atoms with Gasteiger partial charge >= 0.3 is 0 Å². The molecule has 1 aromatic carbocycles. The van der Waals surface area contributed by atoms with E-state index >= 15 is 0 Å². The molecule has 1 unspecified atom stereocenters. The third kappa shape index (κ3) is 3.00. The van der Waals surface area contributed by atoms with Crippen molar-refractivity contribution in [1.82, 2.24) is 0 Å². The number of hydrogen-bond acceptors (Lipinski definition) is 7. The largest absolute Gasteiger partial charge is 0.384 e. The molecule has 8 heteroatoms. The number of carbonyl (C=O) groups is 1. The van der Waals surface area contributed by atoms with Crippen LogP contribution in [-0.2, 0) is 4.79 Å². The lowest BCUT2D eigenvalue weighted by Gasteiger charge is -2.39. The molecule has 1 aliphatic carbocycles. The predicted octanol–water partition coefficient (Wildman–Crippen LogP) is 4.27. The Labute approximate surface area is 171 Å². The molecule has 0 saturated heterocycles. The van der Waals surface area contributed by atoms with Crippen LogP contribution in [0, 0.1) is 28.4 Å². The van der Waals surface area contributed by atoms with Gasteiger partial charge < -0.3 is 5.73 Å². The fraction of sp³-hybridized carbons (Fsp3) is 0.238. The molecule has 2 aliphatic rings. The van der Waals surface area contributed by atoms with Gasteiger partial charge in [0.2, 0.25) is 0 Å². The summed E-state index contributed by atoms with van der Waals surface area (Å²) < 4.78 is 0. The van der Waals surface area contributed by atoms with Crippen LogP contribution in [0.4, 0.5) is 11.4 Å². The Kier molecular flexibility index (Phi) is 4.68. The Bertz CT molecular complexity index is 1120. The number of non-ortho nitro benzene ring substituents is 1. The van der Waals surface area contributed by atoms with E-state index in [1.165, 1.54) is 23.5 Å². The Morgan fingerprint density at radius 1 is 1.28 bits per heavy atom. The second-order valence-electron chi connectivity index (χ2n) is 7.06. The average Bonchev–Trinajstić information content (AvgIpc) is 3.13.